The predicted octanol–water partition coefficient (Wildman–Crippen LogP) is 2.88. The Bertz CT molecular complexity index is 383. The molecule has 2 rings (SSSR count). The van der Waals surface area contributed by atoms with Gasteiger partial charge in [0.15, 0.2) is 11.6 Å². The molecule has 1 aliphatic rings. The number of carbonyl (C=O) groups excluding carboxylic acids is 1. The smallest absolute Gasteiger partial charge is 0.162 e. The Morgan fingerprint density at radius 3 is 2.67 bits per heavy atom. The van der Waals surface area contributed by atoms with Crippen LogP contribution in [0, 0.1) is 17.6 Å². The molecule has 1 aromatic carbocycles. The van der Waals surface area contributed by atoms with Crippen molar-refractivity contribution in [3.8, 4) is 0 Å². The van der Waals surface area contributed by atoms with Gasteiger partial charge in [-0.05, 0) is 24.5 Å². The number of halogens is 2. The van der Waals surface area contributed by atoms with Crippen LogP contribution in [-0.4, -0.2) is 5.78 Å². The van der Waals surface area contributed by atoms with Crippen molar-refractivity contribution in [2.75, 3.05) is 0 Å². The first-order valence-corrected chi connectivity index (χ1v) is 5.14. The molecule has 0 unspecified atom stereocenters. The van der Waals surface area contributed by atoms with Gasteiger partial charge in [-0.15, -0.1) is 0 Å². The number of carbonyl (C=O) groups is 1. The van der Waals surface area contributed by atoms with Crippen LogP contribution in [0.3, 0.4) is 0 Å². The van der Waals surface area contributed by atoms with Crippen molar-refractivity contribution in [1.82, 2.24) is 0 Å². The van der Waals surface area contributed by atoms with Gasteiger partial charge in [-0.25, -0.2) is 8.78 Å². The lowest BCUT2D eigenvalue weighted by Crippen LogP contribution is -2.23. The highest BCUT2D eigenvalue weighted by Gasteiger charge is 2.25. The molecule has 1 nitrogen and oxygen atoms in total. The molecule has 0 N–H and O–H groups in total. The fourth-order valence-electron chi connectivity index (χ4n) is 1.75. The first kappa shape index (κ1) is 10.3. The summed E-state index contributed by atoms with van der Waals surface area (Å²) in [4.78, 5) is 11.6. The number of ketones is 1. The molecule has 0 bridgehead atoms. The predicted molar refractivity (Wildman–Crippen MR) is 52.4 cm³/mol. The standard InChI is InChI=1S/C12H12F2O/c13-10-6-2-5-9(12(10)14)7-11(15)8-3-1-4-8/h2,5-6,8H,1,3-4,7H2. The van der Waals surface area contributed by atoms with Gasteiger partial charge in [-0.2, -0.15) is 0 Å². The van der Waals surface area contributed by atoms with Gasteiger partial charge in [-0.3, -0.25) is 4.79 Å². The van der Waals surface area contributed by atoms with Crippen LogP contribution in [-0.2, 0) is 11.2 Å². The highest BCUT2D eigenvalue weighted by atomic mass is 19.2. The summed E-state index contributed by atoms with van der Waals surface area (Å²) >= 11 is 0. The van der Waals surface area contributed by atoms with E-state index in [1.165, 1.54) is 12.1 Å². The molecule has 0 spiro atoms. The van der Waals surface area contributed by atoms with E-state index in [1.54, 1.807) is 0 Å². The second kappa shape index (κ2) is 4.09. The van der Waals surface area contributed by atoms with Crippen LogP contribution >= 0.6 is 0 Å². The van der Waals surface area contributed by atoms with Crippen LogP contribution in [0.1, 0.15) is 24.8 Å². The van der Waals surface area contributed by atoms with E-state index in [-0.39, 0.29) is 23.7 Å². The van der Waals surface area contributed by atoms with Crippen LogP contribution in [0.2, 0.25) is 0 Å². The van der Waals surface area contributed by atoms with Gasteiger partial charge in [0, 0.05) is 12.3 Å². The molecule has 0 heterocycles. The molecular formula is C12H12F2O. The second-order valence-corrected chi connectivity index (χ2v) is 3.98. The molecule has 15 heavy (non-hydrogen) atoms. The number of benzene rings is 1. The van der Waals surface area contributed by atoms with Gasteiger partial charge in [0.2, 0.25) is 0 Å². The molecular weight excluding hydrogens is 198 g/mol. The molecule has 0 amide bonds. The van der Waals surface area contributed by atoms with Gasteiger partial charge >= 0.3 is 0 Å². The van der Waals surface area contributed by atoms with Crippen LogP contribution in [0.15, 0.2) is 18.2 Å². The molecule has 3 heteroatoms. The third kappa shape index (κ3) is 2.06. The molecule has 0 atom stereocenters. The lowest BCUT2D eigenvalue weighted by atomic mass is 9.80. The number of hydrogen-bond donors (Lipinski definition) is 0. The lowest BCUT2D eigenvalue weighted by molar-refractivity contribution is -0.124. The van der Waals surface area contributed by atoms with Crippen molar-refractivity contribution in [1.29, 1.82) is 0 Å². The van der Waals surface area contributed by atoms with Crippen LogP contribution in [0.4, 0.5) is 8.78 Å². The summed E-state index contributed by atoms with van der Waals surface area (Å²) in [6.45, 7) is 0. The van der Waals surface area contributed by atoms with Crippen molar-refractivity contribution in [2.24, 2.45) is 5.92 Å². The summed E-state index contributed by atoms with van der Waals surface area (Å²) in [5.74, 6) is -1.66. The lowest BCUT2D eigenvalue weighted by Gasteiger charge is -2.23. The number of hydrogen-bond acceptors (Lipinski definition) is 1. The maximum atomic E-state index is 13.2. The Morgan fingerprint density at radius 2 is 2.07 bits per heavy atom. The fourth-order valence-corrected chi connectivity index (χ4v) is 1.75. The number of Topliss-reactive ketones (excluding diaryl/α,β-unsaturated/α-hetero) is 1. The molecule has 1 saturated carbocycles. The monoisotopic (exact) mass is 210 g/mol. The molecule has 0 aromatic heterocycles. The van der Waals surface area contributed by atoms with Crippen molar-refractivity contribution >= 4 is 5.78 Å². The molecule has 1 aromatic rings. The summed E-state index contributed by atoms with van der Waals surface area (Å²) < 4.78 is 26.1. The summed E-state index contributed by atoms with van der Waals surface area (Å²) in [7, 11) is 0. The Balaban J connectivity index is 2.09. The zero-order valence-corrected chi connectivity index (χ0v) is 8.30. The van der Waals surface area contributed by atoms with E-state index in [1.807, 2.05) is 0 Å². The van der Waals surface area contributed by atoms with Crippen LogP contribution < -0.4 is 0 Å². The third-order valence-electron chi connectivity index (χ3n) is 2.96. The van der Waals surface area contributed by atoms with E-state index in [0.29, 0.717) is 0 Å². The van der Waals surface area contributed by atoms with E-state index >= 15 is 0 Å². The van der Waals surface area contributed by atoms with E-state index in [4.69, 9.17) is 0 Å². The average Bonchev–Trinajstić information content (AvgIpc) is 2.10. The van der Waals surface area contributed by atoms with E-state index < -0.39 is 11.6 Å². The zero-order valence-electron chi connectivity index (χ0n) is 8.30. The van der Waals surface area contributed by atoms with Gasteiger partial charge in [0.1, 0.15) is 5.78 Å². The number of rotatable bonds is 3. The van der Waals surface area contributed by atoms with E-state index in [2.05, 4.69) is 0 Å². The van der Waals surface area contributed by atoms with Gasteiger partial charge in [0.05, 0.1) is 0 Å². The maximum absolute atomic E-state index is 13.2. The minimum atomic E-state index is -0.884. The molecule has 0 aliphatic heterocycles. The Morgan fingerprint density at radius 1 is 1.33 bits per heavy atom. The molecule has 0 saturated heterocycles. The van der Waals surface area contributed by atoms with E-state index in [9.17, 15) is 13.6 Å². The first-order chi connectivity index (χ1) is 7.18. The van der Waals surface area contributed by atoms with Gasteiger partial charge in [-0.1, -0.05) is 18.6 Å². The van der Waals surface area contributed by atoms with Gasteiger partial charge < -0.3 is 0 Å². The summed E-state index contributed by atoms with van der Waals surface area (Å²) in [5.41, 5.74) is 0.173. The zero-order chi connectivity index (χ0) is 10.8. The average molecular weight is 210 g/mol. The molecule has 0 radical (unpaired) electrons. The highest BCUT2D eigenvalue weighted by Crippen LogP contribution is 2.28. The normalized spacial score (nSPS) is 16.1. The maximum Gasteiger partial charge on any atom is 0.162 e. The van der Waals surface area contributed by atoms with Crippen molar-refractivity contribution in [2.45, 2.75) is 25.7 Å². The second-order valence-electron chi connectivity index (χ2n) is 3.98. The summed E-state index contributed by atoms with van der Waals surface area (Å²) in [6, 6.07) is 3.96. The Hall–Kier alpha value is -1.25. The third-order valence-corrected chi connectivity index (χ3v) is 2.96. The largest absolute Gasteiger partial charge is 0.299 e. The van der Waals surface area contributed by atoms with Crippen LogP contribution in [0.5, 0.6) is 0 Å². The minimum absolute atomic E-state index is 0.0221. The summed E-state index contributed by atoms with van der Waals surface area (Å²) in [5, 5.41) is 0. The van der Waals surface area contributed by atoms with Crippen molar-refractivity contribution in [3.05, 3.63) is 35.4 Å². The quantitative estimate of drug-likeness (QED) is 0.749. The highest BCUT2D eigenvalue weighted by molar-refractivity contribution is 5.83. The Labute approximate surface area is 87.1 Å². The Kier molecular flexibility index (Phi) is 2.80. The van der Waals surface area contributed by atoms with E-state index in [0.717, 1.165) is 25.3 Å². The molecule has 1 aliphatic carbocycles. The molecule has 80 valence electrons. The van der Waals surface area contributed by atoms with Crippen LogP contribution in [0.25, 0.3) is 0 Å². The van der Waals surface area contributed by atoms with Gasteiger partial charge in [0.25, 0.3) is 0 Å². The summed E-state index contributed by atoms with van der Waals surface area (Å²) in [6.07, 6.45) is 2.89. The first-order valence-electron chi connectivity index (χ1n) is 5.14. The van der Waals surface area contributed by atoms with Crippen molar-refractivity contribution in [3.63, 3.8) is 0 Å². The molecule has 1 fully saturated rings. The SMILES string of the molecule is O=C(Cc1cccc(F)c1F)C1CCC1. The fraction of sp³-hybridized carbons (Fsp3) is 0.417. The minimum Gasteiger partial charge on any atom is -0.299 e. The van der Waals surface area contributed by atoms with Crippen molar-refractivity contribution < 1.29 is 13.6 Å². The topological polar surface area (TPSA) is 17.1 Å².